The van der Waals surface area contributed by atoms with Crippen LogP contribution in [-0.2, 0) is 11.2 Å². The number of carbonyl (C=O) groups is 1. The van der Waals surface area contributed by atoms with Gasteiger partial charge in [-0.25, -0.2) is 0 Å². The highest BCUT2D eigenvalue weighted by atomic mass is 16.5. The van der Waals surface area contributed by atoms with Gasteiger partial charge in [0.25, 0.3) is 0 Å². The van der Waals surface area contributed by atoms with Gasteiger partial charge < -0.3 is 21.0 Å². The van der Waals surface area contributed by atoms with Crippen molar-refractivity contribution in [3.8, 4) is 5.75 Å². The number of nitrogens with one attached hydrogen (secondary N) is 1. The first kappa shape index (κ1) is 15.2. The lowest BCUT2D eigenvalue weighted by molar-refractivity contribution is -0.121. The highest BCUT2D eigenvalue weighted by molar-refractivity contribution is 5.94. The van der Waals surface area contributed by atoms with Crippen LogP contribution in [0.25, 0.3) is 0 Å². The summed E-state index contributed by atoms with van der Waals surface area (Å²) in [5.41, 5.74) is 5.92. The Kier molecular flexibility index (Phi) is 4.67. The predicted octanol–water partition coefficient (Wildman–Crippen LogP) is 1.41. The number of nitrogens with zero attached hydrogens (tertiary/aromatic N) is 1. The molecule has 0 aromatic heterocycles. The molecule has 0 aliphatic heterocycles. The first-order valence-corrected chi connectivity index (χ1v) is 7.01. The fourth-order valence-corrected chi connectivity index (χ4v) is 2.80. The maximum absolute atomic E-state index is 12.2. The fourth-order valence-electron chi connectivity index (χ4n) is 2.80. The van der Waals surface area contributed by atoms with E-state index in [2.05, 4.69) is 10.5 Å². The van der Waals surface area contributed by atoms with Gasteiger partial charge in [0.05, 0.1) is 13.5 Å². The van der Waals surface area contributed by atoms with E-state index in [1.165, 1.54) is 0 Å². The summed E-state index contributed by atoms with van der Waals surface area (Å²) < 4.78 is 5.14. The van der Waals surface area contributed by atoms with Gasteiger partial charge in [-0.1, -0.05) is 30.1 Å². The SMILES string of the molecule is COc1cccc(CC(=O)NC2(/C(N)=N/O)CCCC2)c1. The third-order valence-corrected chi connectivity index (χ3v) is 3.93. The molecule has 21 heavy (non-hydrogen) atoms. The van der Waals surface area contributed by atoms with E-state index >= 15 is 0 Å². The summed E-state index contributed by atoms with van der Waals surface area (Å²) in [5.74, 6) is 0.656. The largest absolute Gasteiger partial charge is 0.497 e. The molecule has 4 N–H and O–H groups in total. The average Bonchev–Trinajstić information content (AvgIpc) is 2.96. The Balaban J connectivity index is 2.06. The van der Waals surface area contributed by atoms with Crippen LogP contribution in [0.1, 0.15) is 31.2 Å². The van der Waals surface area contributed by atoms with Crippen LogP contribution in [0.4, 0.5) is 0 Å². The minimum Gasteiger partial charge on any atom is -0.497 e. The average molecular weight is 291 g/mol. The first-order chi connectivity index (χ1) is 10.1. The summed E-state index contributed by atoms with van der Waals surface area (Å²) in [4.78, 5) is 12.2. The number of amidine groups is 1. The number of nitrogens with two attached hydrogens (primary N) is 1. The number of oxime groups is 1. The molecular weight excluding hydrogens is 270 g/mol. The van der Waals surface area contributed by atoms with Gasteiger partial charge in [-0.2, -0.15) is 0 Å². The molecule has 6 nitrogen and oxygen atoms in total. The molecule has 0 radical (unpaired) electrons. The monoisotopic (exact) mass is 291 g/mol. The molecular formula is C15H21N3O3. The molecule has 0 bridgehead atoms. The number of hydrogen-bond acceptors (Lipinski definition) is 4. The molecule has 0 saturated heterocycles. The van der Waals surface area contributed by atoms with E-state index in [0.717, 1.165) is 18.4 Å². The van der Waals surface area contributed by atoms with Gasteiger partial charge in [0.15, 0.2) is 5.84 Å². The Labute approximate surface area is 124 Å². The van der Waals surface area contributed by atoms with Crippen molar-refractivity contribution in [2.24, 2.45) is 10.9 Å². The van der Waals surface area contributed by atoms with E-state index in [9.17, 15) is 4.79 Å². The maximum Gasteiger partial charge on any atom is 0.225 e. The van der Waals surface area contributed by atoms with Crippen molar-refractivity contribution < 1.29 is 14.7 Å². The Morgan fingerprint density at radius 3 is 2.81 bits per heavy atom. The molecule has 1 saturated carbocycles. The lowest BCUT2D eigenvalue weighted by atomic mass is 9.95. The number of carbonyl (C=O) groups excluding carboxylic acids is 1. The highest BCUT2D eigenvalue weighted by Gasteiger charge is 2.39. The topological polar surface area (TPSA) is 96.9 Å². The molecule has 1 fully saturated rings. The zero-order valence-corrected chi connectivity index (χ0v) is 12.1. The molecule has 1 aromatic carbocycles. The Hall–Kier alpha value is -2.24. The lowest BCUT2D eigenvalue weighted by Crippen LogP contribution is -2.56. The zero-order chi connectivity index (χ0) is 15.3. The molecule has 0 spiro atoms. The minimum atomic E-state index is -0.704. The van der Waals surface area contributed by atoms with Crippen LogP contribution in [0, 0.1) is 0 Å². The third-order valence-electron chi connectivity index (χ3n) is 3.93. The van der Waals surface area contributed by atoms with Crippen molar-refractivity contribution >= 4 is 11.7 Å². The van der Waals surface area contributed by atoms with Crippen molar-refractivity contribution in [2.75, 3.05) is 7.11 Å². The highest BCUT2D eigenvalue weighted by Crippen LogP contribution is 2.30. The van der Waals surface area contributed by atoms with E-state index in [0.29, 0.717) is 18.6 Å². The maximum atomic E-state index is 12.2. The number of ether oxygens (including phenoxy) is 1. The minimum absolute atomic E-state index is 0.0824. The molecule has 1 aliphatic rings. The molecule has 0 unspecified atom stereocenters. The molecule has 0 atom stereocenters. The van der Waals surface area contributed by atoms with Crippen molar-refractivity contribution in [3.63, 3.8) is 0 Å². The number of methoxy groups -OCH3 is 1. The normalized spacial score (nSPS) is 17.5. The molecule has 1 aliphatic carbocycles. The van der Waals surface area contributed by atoms with Crippen LogP contribution in [0.15, 0.2) is 29.4 Å². The number of benzene rings is 1. The second-order valence-corrected chi connectivity index (χ2v) is 5.35. The van der Waals surface area contributed by atoms with E-state index in [4.69, 9.17) is 15.7 Å². The van der Waals surface area contributed by atoms with Crippen LogP contribution in [-0.4, -0.2) is 29.6 Å². The van der Waals surface area contributed by atoms with Crippen molar-refractivity contribution in [3.05, 3.63) is 29.8 Å². The van der Waals surface area contributed by atoms with E-state index in [1.54, 1.807) is 7.11 Å². The van der Waals surface area contributed by atoms with Gasteiger partial charge in [-0.3, -0.25) is 4.79 Å². The standard InChI is InChI=1S/C15H21N3O3/c1-21-12-6-4-5-11(9-12)10-13(19)17-15(14(16)18-20)7-2-3-8-15/h4-6,9,20H,2-3,7-8,10H2,1H3,(H2,16,18)(H,17,19). The van der Waals surface area contributed by atoms with Crippen LogP contribution in [0.3, 0.4) is 0 Å². The van der Waals surface area contributed by atoms with Gasteiger partial charge in [-0.05, 0) is 30.5 Å². The van der Waals surface area contributed by atoms with Gasteiger partial charge in [0.2, 0.25) is 5.91 Å². The second kappa shape index (κ2) is 6.47. The summed E-state index contributed by atoms with van der Waals surface area (Å²) in [6.45, 7) is 0. The van der Waals surface area contributed by atoms with E-state index < -0.39 is 5.54 Å². The van der Waals surface area contributed by atoms with Crippen molar-refractivity contribution in [1.82, 2.24) is 5.32 Å². The molecule has 2 rings (SSSR count). The molecule has 0 heterocycles. The Bertz CT molecular complexity index is 537. The summed E-state index contributed by atoms with van der Waals surface area (Å²) in [7, 11) is 1.59. The number of hydrogen-bond donors (Lipinski definition) is 3. The number of amides is 1. The van der Waals surface area contributed by atoms with Gasteiger partial charge in [-0.15, -0.1) is 0 Å². The van der Waals surface area contributed by atoms with Gasteiger partial charge in [0.1, 0.15) is 11.3 Å². The first-order valence-electron chi connectivity index (χ1n) is 7.01. The zero-order valence-electron chi connectivity index (χ0n) is 12.1. The summed E-state index contributed by atoms with van der Waals surface area (Å²) in [6.07, 6.45) is 3.54. The summed E-state index contributed by atoms with van der Waals surface area (Å²) in [5, 5.41) is 14.9. The Morgan fingerprint density at radius 2 is 2.19 bits per heavy atom. The second-order valence-electron chi connectivity index (χ2n) is 5.35. The van der Waals surface area contributed by atoms with Gasteiger partial charge in [0, 0.05) is 0 Å². The quantitative estimate of drug-likeness (QED) is 0.331. The van der Waals surface area contributed by atoms with Crippen molar-refractivity contribution in [2.45, 2.75) is 37.6 Å². The van der Waals surface area contributed by atoms with Crippen LogP contribution < -0.4 is 15.8 Å². The molecule has 1 amide bonds. The summed E-state index contributed by atoms with van der Waals surface area (Å²) in [6, 6.07) is 7.36. The van der Waals surface area contributed by atoms with Crippen LogP contribution in [0.5, 0.6) is 5.75 Å². The van der Waals surface area contributed by atoms with Crippen LogP contribution >= 0.6 is 0 Å². The number of rotatable bonds is 5. The smallest absolute Gasteiger partial charge is 0.225 e. The van der Waals surface area contributed by atoms with Gasteiger partial charge >= 0.3 is 0 Å². The Morgan fingerprint density at radius 1 is 1.48 bits per heavy atom. The molecule has 6 heteroatoms. The lowest BCUT2D eigenvalue weighted by Gasteiger charge is -2.28. The van der Waals surface area contributed by atoms with Crippen molar-refractivity contribution in [1.29, 1.82) is 0 Å². The fraction of sp³-hybridized carbons (Fsp3) is 0.467. The predicted molar refractivity (Wildman–Crippen MR) is 79.4 cm³/mol. The summed E-state index contributed by atoms with van der Waals surface area (Å²) >= 11 is 0. The van der Waals surface area contributed by atoms with E-state index in [-0.39, 0.29) is 18.2 Å². The molecule has 1 aromatic rings. The molecule has 114 valence electrons. The van der Waals surface area contributed by atoms with E-state index in [1.807, 2.05) is 24.3 Å². The third kappa shape index (κ3) is 3.45. The van der Waals surface area contributed by atoms with Crippen LogP contribution in [0.2, 0.25) is 0 Å².